The standard InChI is InChI=1S/C16H16Cl2N2O4S/c1-24-16(21)12-3-4-13(19-9-12)10-20(25(22)23)7-6-11-2-5-14(17)15(18)8-11/h2-5,8-9,25H,6-7,10H2,1H3. The van der Waals surface area contributed by atoms with E-state index in [4.69, 9.17) is 23.2 Å². The van der Waals surface area contributed by atoms with Crippen LogP contribution in [-0.2, 0) is 28.6 Å². The van der Waals surface area contributed by atoms with E-state index in [1.165, 1.54) is 17.6 Å². The number of carbonyl (C=O) groups is 1. The van der Waals surface area contributed by atoms with Crippen molar-refractivity contribution in [3.05, 3.63) is 63.4 Å². The lowest BCUT2D eigenvalue weighted by Crippen LogP contribution is -2.24. The van der Waals surface area contributed by atoms with E-state index in [0.29, 0.717) is 27.7 Å². The Morgan fingerprint density at radius 3 is 2.52 bits per heavy atom. The zero-order valence-corrected chi connectivity index (χ0v) is 15.7. The molecule has 134 valence electrons. The van der Waals surface area contributed by atoms with E-state index in [1.807, 2.05) is 0 Å². The van der Waals surface area contributed by atoms with Gasteiger partial charge in [-0.25, -0.2) is 13.2 Å². The number of benzene rings is 1. The molecule has 1 aromatic heterocycles. The van der Waals surface area contributed by atoms with E-state index >= 15 is 0 Å². The van der Waals surface area contributed by atoms with Crippen molar-refractivity contribution in [2.24, 2.45) is 0 Å². The Labute approximate surface area is 157 Å². The van der Waals surface area contributed by atoms with Crippen molar-refractivity contribution in [1.82, 2.24) is 9.29 Å². The van der Waals surface area contributed by atoms with Crippen molar-refractivity contribution in [1.29, 1.82) is 0 Å². The van der Waals surface area contributed by atoms with Crippen LogP contribution >= 0.6 is 23.2 Å². The molecular weight excluding hydrogens is 387 g/mol. The smallest absolute Gasteiger partial charge is 0.339 e. The highest BCUT2D eigenvalue weighted by atomic mass is 35.5. The van der Waals surface area contributed by atoms with Crippen LogP contribution in [0.3, 0.4) is 0 Å². The molecule has 2 rings (SSSR count). The number of ether oxygens (including phenoxy) is 1. The Morgan fingerprint density at radius 2 is 1.96 bits per heavy atom. The largest absolute Gasteiger partial charge is 0.465 e. The molecule has 0 fully saturated rings. The van der Waals surface area contributed by atoms with Gasteiger partial charge >= 0.3 is 5.97 Å². The highest BCUT2D eigenvalue weighted by Gasteiger charge is 2.12. The van der Waals surface area contributed by atoms with E-state index in [0.717, 1.165) is 5.56 Å². The van der Waals surface area contributed by atoms with Crippen LogP contribution in [-0.4, -0.2) is 37.3 Å². The quantitative estimate of drug-likeness (QED) is 0.568. The normalized spacial score (nSPS) is 11.1. The minimum absolute atomic E-state index is 0.113. The number of pyridine rings is 1. The minimum Gasteiger partial charge on any atom is -0.465 e. The van der Waals surface area contributed by atoms with Crippen molar-refractivity contribution in [3.63, 3.8) is 0 Å². The zero-order chi connectivity index (χ0) is 18.4. The van der Waals surface area contributed by atoms with Gasteiger partial charge < -0.3 is 4.74 Å². The second-order valence-corrected chi connectivity index (χ2v) is 7.01. The molecule has 0 unspecified atom stereocenters. The number of hydrogen-bond donors (Lipinski definition) is 1. The average Bonchev–Trinajstić information content (AvgIpc) is 2.61. The van der Waals surface area contributed by atoms with Gasteiger partial charge in [0.1, 0.15) is 0 Å². The van der Waals surface area contributed by atoms with Crippen molar-refractivity contribution in [3.8, 4) is 0 Å². The topological polar surface area (TPSA) is 76.6 Å². The molecule has 9 heteroatoms. The van der Waals surface area contributed by atoms with Gasteiger partial charge in [-0.05, 0) is 36.2 Å². The Hall–Kier alpha value is -1.67. The third kappa shape index (κ3) is 5.67. The van der Waals surface area contributed by atoms with Crippen LogP contribution in [0.4, 0.5) is 0 Å². The van der Waals surface area contributed by atoms with Gasteiger partial charge in [-0.15, -0.1) is 0 Å². The summed E-state index contributed by atoms with van der Waals surface area (Å²) in [5.74, 6) is -0.495. The molecule has 0 saturated carbocycles. The van der Waals surface area contributed by atoms with E-state index in [1.54, 1.807) is 30.3 Å². The molecule has 0 aliphatic heterocycles. The predicted molar refractivity (Wildman–Crippen MR) is 96.5 cm³/mol. The van der Waals surface area contributed by atoms with Crippen molar-refractivity contribution in [2.75, 3.05) is 13.7 Å². The molecule has 0 amide bonds. The molecule has 0 saturated heterocycles. The van der Waals surface area contributed by atoms with Gasteiger partial charge in [0.05, 0.1) is 35.0 Å². The SMILES string of the molecule is COC(=O)c1ccc(CN(CCc2ccc(Cl)c(Cl)c2)[SH](=O)=O)nc1. The molecule has 0 aliphatic rings. The molecule has 0 atom stereocenters. The van der Waals surface area contributed by atoms with Gasteiger partial charge in [0.25, 0.3) is 0 Å². The summed E-state index contributed by atoms with van der Waals surface area (Å²) in [5, 5.41) is 0.879. The molecule has 0 bridgehead atoms. The Bertz CT molecular complexity index is 817. The van der Waals surface area contributed by atoms with Crippen LogP contribution in [0.5, 0.6) is 0 Å². The number of hydrogen-bond acceptors (Lipinski definition) is 5. The number of thiol groups is 1. The van der Waals surface area contributed by atoms with Crippen LogP contribution in [0.25, 0.3) is 0 Å². The molecule has 0 radical (unpaired) electrons. The summed E-state index contributed by atoms with van der Waals surface area (Å²) >= 11 is 11.8. The Kier molecular flexibility index (Phi) is 7.19. The molecule has 6 nitrogen and oxygen atoms in total. The minimum atomic E-state index is -2.78. The lowest BCUT2D eigenvalue weighted by molar-refractivity contribution is 0.0600. The van der Waals surface area contributed by atoms with Crippen LogP contribution < -0.4 is 0 Å². The lowest BCUT2D eigenvalue weighted by Gasteiger charge is -2.15. The fourth-order valence-corrected chi connectivity index (χ4v) is 2.96. The van der Waals surface area contributed by atoms with Crippen molar-refractivity contribution < 1.29 is 17.9 Å². The summed E-state index contributed by atoms with van der Waals surface area (Å²) in [7, 11) is -1.50. The molecule has 1 heterocycles. The molecule has 0 N–H and O–H groups in total. The number of carbonyl (C=O) groups excluding carboxylic acids is 1. The molecule has 2 aromatic rings. The van der Waals surface area contributed by atoms with Gasteiger partial charge in [0, 0.05) is 12.7 Å². The summed E-state index contributed by atoms with van der Waals surface area (Å²) in [5.41, 5.74) is 1.71. The number of rotatable bonds is 7. The molecule has 25 heavy (non-hydrogen) atoms. The van der Waals surface area contributed by atoms with E-state index in [9.17, 15) is 13.2 Å². The summed E-state index contributed by atoms with van der Waals surface area (Å²) < 4.78 is 28.8. The third-order valence-electron chi connectivity index (χ3n) is 3.46. The number of esters is 1. The van der Waals surface area contributed by atoms with Crippen LogP contribution in [0.2, 0.25) is 10.0 Å². The maximum Gasteiger partial charge on any atom is 0.339 e. The molecule has 0 aliphatic carbocycles. The highest BCUT2D eigenvalue weighted by molar-refractivity contribution is 7.69. The van der Waals surface area contributed by atoms with E-state index in [-0.39, 0.29) is 13.1 Å². The highest BCUT2D eigenvalue weighted by Crippen LogP contribution is 2.23. The summed E-state index contributed by atoms with van der Waals surface area (Å²) in [4.78, 5) is 15.5. The summed E-state index contributed by atoms with van der Waals surface area (Å²) in [6.45, 7) is 0.387. The fraction of sp³-hybridized carbons (Fsp3) is 0.250. The van der Waals surface area contributed by atoms with Gasteiger partial charge in [0.15, 0.2) is 0 Å². The Morgan fingerprint density at radius 1 is 1.20 bits per heavy atom. The van der Waals surface area contributed by atoms with Gasteiger partial charge in [-0.2, -0.15) is 4.31 Å². The number of aromatic nitrogens is 1. The maximum atomic E-state index is 11.5. The van der Waals surface area contributed by atoms with Gasteiger partial charge in [-0.3, -0.25) is 4.98 Å². The first-order chi connectivity index (χ1) is 11.9. The second kappa shape index (κ2) is 9.15. The molecular formula is C16H16Cl2N2O4S. The van der Waals surface area contributed by atoms with Crippen LogP contribution in [0.1, 0.15) is 21.6 Å². The van der Waals surface area contributed by atoms with Crippen LogP contribution in [0.15, 0.2) is 36.5 Å². The predicted octanol–water partition coefficient (Wildman–Crippen LogP) is 2.75. The number of methoxy groups -OCH3 is 1. The first-order valence-corrected chi connectivity index (χ1v) is 9.15. The van der Waals surface area contributed by atoms with Crippen LogP contribution in [0, 0.1) is 0 Å². The number of nitrogens with zero attached hydrogens (tertiary/aromatic N) is 2. The molecule has 1 aromatic carbocycles. The van der Waals surface area contributed by atoms with Gasteiger partial charge in [0.2, 0.25) is 10.9 Å². The maximum absolute atomic E-state index is 11.5. The Balaban J connectivity index is 2.03. The van der Waals surface area contributed by atoms with E-state index in [2.05, 4.69) is 9.72 Å². The average molecular weight is 403 g/mol. The first-order valence-electron chi connectivity index (χ1n) is 7.27. The summed E-state index contributed by atoms with van der Waals surface area (Å²) in [6, 6.07) is 8.32. The zero-order valence-electron chi connectivity index (χ0n) is 13.3. The van der Waals surface area contributed by atoms with Crippen molar-refractivity contribution in [2.45, 2.75) is 13.0 Å². The van der Waals surface area contributed by atoms with Gasteiger partial charge in [-0.1, -0.05) is 29.3 Å². The third-order valence-corrected chi connectivity index (χ3v) is 5.01. The fourth-order valence-electron chi connectivity index (χ4n) is 2.12. The molecule has 0 spiro atoms. The van der Waals surface area contributed by atoms with E-state index < -0.39 is 16.9 Å². The first kappa shape index (κ1) is 19.7. The monoisotopic (exact) mass is 402 g/mol. The van der Waals surface area contributed by atoms with Crippen molar-refractivity contribution >= 4 is 40.1 Å². The summed E-state index contributed by atoms with van der Waals surface area (Å²) in [6.07, 6.45) is 1.84. The second-order valence-electron chi connectivity index (χ2n) is 5.15. The lowest BCUT2D eigenvalue weighted by atomic mass is 10.1. The number of halogens is 2.